The Morgan fingerprint density at radius 3 is 2.42 bits per heavy atom. The van der Waals surface area contributed by atoms with E-state index in [2.05, 4.69) is 15.6 Å². The zero-order valence-electron chi connectivity index (χ0n) is 18.1. The molecule has 0 fully saturated rings. The second kappa shape index (κ2) is 8.86. The van der Waals surface area contributed by atoms with Gasteiger partial charge in [-0.3, -0.25) is 4.79 Å². The number of aromatic nitrogens is 3. The van der Waals surface area contributed by atoms with Crippen molar-refractivity contribution in [1.29, 1.82) is 0 Å². The van der Waals surface area contributed by atoms with E-state index in [1.165, 1.54) is 26.2 Å². The Morgan fingerprint density at radius 2 is 1.81 bits per heavy atom. The monoisotopic (exact) mass is 443 g/mol. The summed E-state index contributed by atoms with van der Waals surface area (Å²) in [4.78, 5) is 12.8. The number of hydrogen-bond acceptors (Lipinski definition) is 6. The number of amides is 1. The van der Waals surface area contributed by atoms with Crippen LogP contribution in [0.15, 0.2) is 47.4 Å². The molecule has 0 spiro atoms. The van der Waals surface area contributed by atoms with E-state index in [-0.39, 0.29) is 16.3 Å². The zero-order valence-corrected chi connectivity index (χ0v) is 18.9. The molecule has 0 aliphatic carbocycles. The van der Waals surface area contributed by atoms with E-state index in [1.807, 2.05) is 31.2 Å². The van der Waals surface area contributed by atoms with Crippen molar-refractivity contribution in [2.75, 3.05) is 26.0 Å². The second-order valence-corrected chi connectivity index (χ2v) is 9.23. The van der Waals surface area contributed by atoms with Gasteiger partial charge in [0, 0.05) is 19.8 Å². The van der Waals surface area contributed by atoms with E-state index in [0.29, 0.717) is 18.0 Å². The molecule has 1 N–H and O–H groups in total. The summed E-state index contributed by atoms with van der Waals surface area (Å²) in [7, 11) is -0.904. The van der Waals surface area contributed by atoms with Gasteiger partial charge in [0.1, 0.15) is 10.6 Å². The summed E-state index contributed by atoms with van der Waals surface area (Å²) in [6.45, 7) is 5.80. The average molecular weight is 444 g/mol. The van der Waals surface area contributed by atoms with Gasteiger partial charge in [-0.1, -0.05) is 22.9 Å². The van der Waals surface area contributed by atoms with Gasteiger partial charge in [-0.05, 0) is 51.1 Å². The highest BCUT2D eigenvalue weighted by molar-refractivity contribution is 7.89. The lowest BCUT2D eigenvalue weighted by molar-refractivity contribution is 0.102. The standard InChI is InChI=1S/C21H25N5O4S/c1-6-30-18-12-9-16(13-19(18)31(28,29)25(4)5)22-21(27)20-15(3)26(24-23-20)17-10-7-14(2)8-11-17/h7-13H,6H2,1-5H3,(H,22,27). The van der Waals surface area contributed by atoms with Gasteiger partial charge in [-0.25, -0.2) is 17.4 Å². The SMILES string of the molecule is CCOc1ccc(NC(=O)c2nnn(-c3ccc(C)cc3)c2C)cc1S(=O)(=O)N(C)C. The van der Waals surface area contributed by atoms with Crippen molar-refractivity contribution in [3.8, 4) is 11.4 Å². The lowest BCUT2D eigenvalue weighted by atomic mass is 10.2. The van der Waals surface area contributed by atoms with Crippen LogP contribution >= 0.6 is 0 Å². The molecule has 1 heterocycles. The quantitative estimate of drug-likeness (QED) is 0.602. The van der Waals surface area contributed by atoms with Crippen LogP contribution in [0.3, 0.4) is 0 Å². The van der Waals surface area contributed by atoms with Crippen molar-refractivity contribution < 1.29 is 17.9 Å². The highest BCUT2D eigenvalue weighted by Crippen LogP contribution is 2.29. The first kappa shape index (κ1) is 22.4. The van der Waals surface area contributed by atoms with Crippen LogP contribution in [0.25, 0.3) is 5.69 Å². The third-order valence-corrected chi connectivity index (χ3v) is 6.48. The molecule has 0 radical (unpaired) electrons. The van der Waals surface area contributed by atoms with Crippen molar-refractivity contribution in [2.24, 2.45) is 0 Å². The van der Waals surface area contributed by atoms with Crippen molar-refractivity contribution >= 4 is 21.6 Å². The van der Waals surface area contributed by atoms with Gasteiger partial charge >= 0.3 is 0 Å². The van der Waals surface area contributed by atoms with E-state index in [4.69, 9.17) is 4.74 Å². The molecular formula is C21H25N5O4S. The molecule has 3 rings (SSSR count). The van der Waals surface area contributed by atoms with Crippen LogP contribution in [0.1, 0.15) is 28.7 Å². The molecule has 1 aromatic heterocycles. The highest BCUT2D eigenvalue weighted by Gasteiger charge is 2.24. The molecule has 1 amide bonds. The third-order valence-electron chi connectivity index (χ3n) is 4.65. The third kappa shape index (κ3) is 4.59. The normalized spacial score (nSPS) is 11.5. The number of ether oxygens (including phenoxy) is 1. The fourth-order valence-electron chi connectivity index (χ4n) is 2.92. The summed E-state index contributed by atoms with van der Waals surface area (Å²) < 4.78 is 33.5. The minimum absolute atomic E-state index is 0.0304. The van der Waals surface area contributed by atoms with Crippen LogP contribution in [-0.2, 0) is 10.0 Å². The summed E-state index contributed by atoms with van der Waals surface area (Å²) >= 11 is 0. The summed E-state index contributed by atoms with van der Waals surface area (Å²) in [5.41, 5.74) is 2.91. The van der Waals surface area contributed by atoms with Crippen LogP contribution in [0.5, 0.6) is 5.75 Å². The van der Waals surface area contributed by atoms with Gasteiger partial charge in [0.25, 0.3) is 5.91 Å². The Balaban J connectivity index is 1.91. The van der Waals surface area contributed by atoms with E-state index in [9.17, 15) is 13.2 Å². The number of anilines is 1. The van der Waals surface area contributed by atoms with Gasteiger partial charge in [0.2, 0.25) is 10.0 Å². The molecule has 0 aliphatic rings. The summed E-state index contributed by atoms with van der Waals surface area (Å²) in [5, 5.41) is 10.8. The van der Waals surface area contributed by atoms with Gasteiger partial charge in [-0.2, -0.15) is 0 Å². The van der Waals surface area contributed by atoms with E-state index >= 15 is 0 Å². The molecule has 9 nitrogen and oxygen atoms in total. The molecule has 2 aromatic carbocycles. The molecule has 164 valence electrons. The first-order valence-corrected chi connectivity index (χ1v) is 11.1. The Bertz CT molecular complexity index is 1200. The first-order chi connectivity index (χ1) is 14.6. The molecule has 0 atom stereocenters. The van der Waals surface area contributed by atoms with Crippen molar-refractivity contribution in [1.82, 2.24) is 19.3 Å². The summed E-state index contributed by atoms with van der Waals surface area (Å²) in [6.07, 6.45) is 0. The number of carbonyl (C=O) groups excluding carboxylic acids is 1. The Labute approximate surface area is 181 Å². The van der Waals surface area contributed by atoms with Crippen molar-refractivity contribution in [2.45, 2.75) is 25.7 Å². The largest absolute Gasteiger partial charge is 0.492 e. The number of sulfonamides is 1. The fourth-order valence-corrected chi connectivity index (χ4v) is 3.97. The van der Waals surface area contributed by atoms with Crippen LogP contribution < -0.4 is 10.1 Å². The van der Waals surface area contributed by atoms with Crippen molar-refractivity contribution in [3.05, 3.63) is 59.4 Å². The number of benzene rings is 2. The molecule has 0 aliphatic heterocycles. The maximum absolute atomic E-state index is 12.8. The Hall–Kier alpha value is -3.24. The van der Waals surface area contributed by atoms with Gasteiger partial charge < -0.3 is 10.1 Å². The number of carbonyl (C=O) groups is 1. The van der Waals surface area contributed by atoms with E-state index in [1.54, 1.807) is 24.6 Å². The predicted octanol–water partition coefficient (Wildman–Crippen LogP) is 2.79. The topological polar surface area (TPSA) is 106 Å². The minimum atomic E-state index is -3.77. The molecular weight excluding hydrogens is 418 g/mol. The minimum Gasteiger partial charge on any atom is -0.492 e. The predicted molar refractivity (Wildman–Crippen MR) is 117 cm³/mol. The molecule has 10 heteroatoms. The van der Waals surface area contributed by atoms with Gasteiger partial charge in [-0.15, -0.1) is 5.10 Å². The maximum Gasteiger partial charge on any atom is 0.278 e. The molecule has 31 heavy (non-hydrogen) atoms. The first-order valence-electron chi connectivity index (χ1n) is 9.65. The number of nitrogens with one attached hydrogen (secondary N) is 1. The lowest BCUT2D eigenvalue weighted by Crippen LogP contribution is -2.23. The Kier molecular flexibility index (Phi) is 6.42. The molecule has 3 aromatic rings. The second-order valence-electron chi connectivity index (χ2n) is 7.11. The molecule has 0 unspecified atom stereocenters. The zero-order chi connectivity index (χ0) is 22.8. The molecule has 0 saturated carbocycles. The number of hydrogen-bond donors (Lipinski definition) is 1. The molecule has 0 bridgehead atoms. The van der Waals surface area contributed by atoms with Crippen molar-refractivity contribution in [3.63, 3.8) is 0 Å². The summed E-state index contributed by atoms with van der Waals surface area (Å²) in [5.74, 6) is -0.274. The lowest BCUT2D eigenvalue weighted by Gasteiger charge is -2.16. The van der Waals surface area contributed by atoms with Crippen LogP contribution in [0.2, 0.25) is 0 Å². The fraction of sp³-hybridized carbons (Fsp3) is 0.286. The number of aryl methyl sites for hydroxylation is 1. The van der Waals surface area contributed by atoms with Crippen LogP contribution in [0.4, 0.5) is 5.69 Å². The highest BCUT2D eigenvalue weighted by atomic mass is 32.2. The maximum atomic E-state index is 12.8. The van der Waals surface area contributed by atoms with Gasteiger partial charge in [0.15, 0.2) is 5.69 Å². The Morgan fingerprint density at radius 1 is 1.13 bits per heavy atom. The molecule has 0 saturated heterocycles. The van der Waals surface area contributed by atoms with E-state index in [0.717, 1.165) is 15.6 Å². The van der Waals surface area contributed by atoms with Crippen LogP contribution in [0, 0.1) is 13.8 Å². The van der Waals surface area contributed by atoms with E-state index < -0.39 is 15.9 Å². The van der Waals surface area contributed by atoms with Crippen LogP contribution in [-0.4, -0.2) is 54.3 Å². The number of nitrogens with zero attached hydrogens (tertiary/aromatic N) is 4. The number of rotatable bonds is 7. The van der Waals surface area contributed by atoms with Gasteiger partial charge in [0.05, 0.1) is 18.0 Å². The summed E-state index contributed by atoms with van der Waals surface area (Å²) in [6, 6.07) is 12.2. The average Bonchev–Trinajstić information content (AvgIpc) is 3.11. The smallest absolute Gasteiger partial charge is 0.278 e.